The number of nitrogens with one attached hydrogen (secondary N) is 1. The van der Waals surface area contributed by atoms with Crippen molar-refractivity contribution in [2.45, 2.75) is 6.61 Å². The van der Waals surface area contributed by atoms with Crippen molar-refractivity contribution >= 4 is 34.8 Å². The van der Waals surface area contributed by atoms with E-state index in [4.69, 9.17) is 27.9 Å². The molecule has 3 rings (SSSR count). The molecule has 1 heterocycles. The molecule has 2 aromatic carbocycles. The molecule has 1 N–H and O–H groups in total. The third kappa shape index (κ3) is 4.72. The molecule has 126 valence electrons. The monoisotopic (exact) mass is 372 g/mol. The summed E-state index contributed by atoms with van der Waals surface area (Å²) in [4.78, 5) is 16.1. The van der Waals surface area contributed by atoms with Crippen LogP contribution in [0.2, 0.25) is 10.0 Å². The van der Waals surface area contributed by atoms with E-state index in [1.54, 1.807) is 54.9 Å². The predicted octanol–water partition coefficient (Wildman–Crippen LogP) is 5.22. The summed E-state index contributed by atoms with van der Waals surface area (Å²) in [6.07, 6.45) is 3.24. The molecule has 25 heavy (non-hydrogen) atoms. The first-order chi connectivity index (χ1) is 12.1. The molecule has 1 aromatic heterocycles. The lowest BCUT2D eigenvalue weighted by Crippen LogP contribution is -2.11. The van der Waals surface area contributed by atoms with Gasteiger partial charge in [-0.1, -0.05) is 35.3 Å². The molecular formula is C19H14Cl2N2O2. The molecule has 0 spiro atoms. The number of ether oxygens (including phenoxy) is 1. The van der Waals surface area contributed by atoms with Crippen LogP contribution < -0.4 is 10.1 Å². The third-order valence-corrected chi connectivity index (χ3v) is 3.99. The van der Waals surface area contributed by atoms with Crippen LogP contribution in [-0.2, 0) is 6.61 Å². The molecule has 0 fully saturated rings. The number of carbonyl (C=O) groups is 1. The number of nitrogens with zero attached hydrogens (tertiary/aromatic N) is 1. The van der Waals surface area contributed by atoms with Gasteiger partial charge in [0.05, 0.1) is 5.02 Å². The summed E-state index contributed by atoms with van der Waals surface area (Å²) in [7, 11) is 0. The topological polar surface area (TPSA) is 51.2 Å². The summed E-state index contributed by atoms with van der Waals surface area (Å²) >= 11 is 12.0. The Labute approximate surface area is 155 Å². The van der Waals surface area contributed by atoms with Crippen molar-refractivity contribution in [2.24, 2.45) is 0 Å². The molecule has 0 bridgehead atoms. The van der Waals surface area contributed by atoms with Crippen molar-refractivity contribution in [2.75, 3.05) is 5.32 Å². The third-order valence-electron chi connectivity index (χ3n) is 3.44. The number of anilines is 1. The SMILES string of the molecule is O=C(Nc1ccncc1)c1ccc(COc2cc(Cl)ccc2Cl)cc1. The standard InChI is InChI=1S/C19H14Cl2N2O2/c20-15-5-6-17(21)18(11-15)25-12-13-1-3-14(4-2-13)19(24)23-16-7-9-22-10-8-16/h1-11H,12H2,(H,22,23,24). The fraction of sp³-hybridized carbons (Fsp3) is 0.0526. The Balaban J connectivity index is 1.62. The average Bonchev–Trinajstić information content (AvgIpc) is 2.64. The van der Waals surface area contributed by atoms with Crippen molar-refractivity contribution in [3.05, 3.63) is 88.2 Å². The summed E-state index contributed by atoms with van der Waals surface area (Å²) in [5.41, 5.74) is 2.17. The largest absolute Gasteiger partial charge is 0.487 e. The summed E-state index contributed by atoms with van der Waals surface area (Å²) in [5, 5.41) is 3.86. The fourth-order valence-electron chi connectivity index (χ4n) is 2.14. The van der Waals surface area contributed by atoms with Crippen LogP contribution in [0.4, 0.5) is 5.69 Å². The van der Waals surface area contributed by atoms with Crippen LogP contribution in [-0.4, -0.2) is 10.9 Å². The van der Waals surface area contributed by atoms with Gasteiger partial charge in [0.15, 0.2) is 0 Å². The summed E-state index contributed by atoms with van der Waals surface area (Å²) < 4.78 is 5.68. The van der Waals surface area contributed by atoms with Gasteiger partial charge in [0.25, 0.3) is 5.91 Å². The zero-order valence-electron chi connectivity index (χ0n) is 13.1. The highest BCUT2D eigenvalue weighted by molar-refractivity contribution is 6.34. The van der Waals surface area contributed by atoms with E-state index in [1.807, 2.05) is 12.1 Å². The number of rotatable bonds is 5. The minimum Gasteiger partial charge on any atom is -0.487 e. The molecule has 1 amide bonds. The van der Waals surface area contributed by atoms with E-state index in [2.05, 4.69) is 10.3 Å². The number of aromatic nitrogens is 1. The van der Waals surface area contributed by atoms with Gasteiger partial charge in [0, 0.05) is 34.7 Å². The normalized spacial score (nSPS) is 10.3. The minimum absolute atomic E-state index is 0.184. The second kappa shape index (κ2) is 8.01. The van der Waals surface area contributed by atoms with E-state index >= 15 is 0 Å². The molecule has 0 aliphatic heterocycles. The first-order valence-corrected chi connectivity index (χ1v) is 8.25. The van der Waals surface area contributed by atoms with E-state index < -0.39 is 0 Å². The van der Waals surface area contributed by atoms with Crippen LogP contribution in [0, 0.1) is 0 Å². The molecular weight excluding hydrogens is 359 g/mol. The Morgan fingerprint density at radius 2 is 1.72 bits per heavy atom. The molecule has 0 saturated heterocycles. The summed E-state index contributed by atoms with van der Waals surface area (Å²) in [5.74, 6) is 0.338. The lowest BCUT2D eigenvalue weighted by molar-refractivity contribution is 0.102. The molecule has 0 atom stereocenters. The number of pyridine rings is 1. The second-order valence-corrected chi connectivity index (χ2v) is 6.09. The maximum Gasteiger partial charge on any atom is 0.255 e. The number of carbonyl (C=O) groups excluding carboxylic acids is 1. The van der Waals surface area contributed by atoms with E-state index in [-0.39, 0.29) is 5.91 Å². The molecule has 6 heteroatoms. The first kappa shape index (κ1) is 17.3. The lowest BCUT2D eigenvalue weighted by atomic mass is 10.1. The molecule has 4 nitrogen and oxygen atoms in total. The first-order valence-electron chi connectivity index (χ1n) is 7.50. The minimum atomic E-state index is -0.184. The zero-order chi connectivity index (χ0) is 17.6. The number of benzene rings is 2. The van der Waals surface area contributed by atoms with Crippen LogP contribution in [0.1, 0.15) is 15.9 Å². The van der Waals surface area contributed by atoms with Gasteiger partial charge < -0.3 is 10.1 Å². The van der Waals surface area contributed by atoms with Gasteiger partial charge in [-0.15, -0.1) is 0 Å². The van der Waals surface area contributed by atoms with Gasteiger partial charge in [-0.2, -0.15) is 0 Å². The molecule has 0 unspecified atom stereocenters. The van der Waals surface area contributed by atoms with Crippen molar-refractivity contribution in [3.63, 3.8) is 0 Å². The molecule has 0 aliphatic rings. The van der Waals surface area contributed by atoms with E-state index in [0.29, 0.717) is 33.7 Å². The van der Waals surface area contributed by atoms with Crippen molar-refractivity contribution in [1.82, 2.24) is 4.98 Å². The average molecular weight is 373 g/mol. The Morgan fingerprint density at radius 1 is 1.00 bits per heavy atom. The maximum absolute atomic E-state index is 12.2. The number of hydrogen-bond donors (Lipinski definition) is 1. The Hall–Kier alpha value is -2.56. The van der Waals surface area contributed by atoms with Crippen LogP contribution in [0.5, 0.6) is 5.75 Å². The zero-order valence-corrected chi connectivity index (χ0v) is 14.6. The second-order valence-electron chi connectivity index (χ2n) is 5.25. The highest BCUT2D eigenvalue weighted by atomic mass is 35.5. The predicted molar refractivity (Wildman–Crippen MR) is 99.4 cm³/mol. The van der Waals surface area contributed by atoms with Crippen LogP contribution in [0.25, 0.3) is 0 Å². The molecule has 0 aliphatic carbocycles. The van der Waals surface area contributed by atoms with Gasteiger partial charge >= 0.3 is 0 Å². The molecule has 0 saturated carbocycles. The van der Waals surface area contributed by atoms with Gasteiger partial charge in [-0.25, -0.2) is 0 Å². The maximum atomic E-state index is 12.2. The van der Waals surface area contributed by atoms with Gasteiger partial charge in [0.2, 0.25) is 0 Å². The van der Waals surface area contributed by atoms with Gasteiger partial charge in [-0.3, -0.25) is 9.78 Å². The van der Waals surface area contributed by atoms with Gasteiger partial charge in [-0.05, 0) is 42.0 Å². The number of amides is 1. The van der Waals surface area contributed by atoms with Crippen molar-refractivity contribution in [1.29, 1.82) is 0 Å². The van der Waals surface area contributed by atoms with Crippen LogP contribution >= 0.6 is 23.2 Å². The Kier molecular flexibility index (Phi) is 5.53. The smallest absolute Gasteiger partial charge is 0.255 e. The van der Waals surface area contributed by atoms with Crippen LogP contribution in [0.3, 0.4) is 0 Å². The van der Waals surface area contributed by atoms with E-state index in [9.17, 15) is 4.79 Å². The van der Waals surface area contributed by atoms with Gasteiger partial charge in [0.1, 0.15) is 12.4 Å². The number of hydrogen-bond acceptors (Lipinski definition) is 3. The Bertz CT molecular complexity index is 868. The molecule has 0 radical (unpaired) electrons. The summed E-state index contributed by atoms with van der Waals surface area (Å²) in [6.45, 7) is 0.326. The molecule has 3 aromatic rings. The van der Waals surface area contributed by atoms with E-state index in [1.165, 1.54) is 0 Å². The lowest BCUT2D eigenvalue weighted by Gasteiger charge is -2.09. The van der Waals surface area contributed by atoms with Crippen molar-refractivity contribution in [3.8, 4) is 5.75 Å². The highest BCUT2D eigenvalue weighted by Gasteiger charge is 2.07. The quantitative estimate of drug-likeness (QED) is 0.667. The summed E-state index contributed by atoms with van der Waals surface area (Å²) in [6, 6.07) is 15.7. The van der Waals surface area contributed by atoms with E-state index in [0.717, 1.165) is 5.56 Å². The highest BCUT2D eigenvalue weighted by Crippen LogP contribution is 2.28. The fourth-order valence-corrected chi connectivity index (χ4v) is 2.47. The van der Waals surface area contributed by atoms with Crippen molar-refractivity contribution < 1.29 is 9.53 Å². The number of halogens is 2. The van der Waals surface area contributed by atoms with Crippen LogP contribution in [0.15, 0.2) is 67.0 Å². The Morgan fingerprint density at radius 3 is 2.44 bits per heavy atom.